The van der Waals surface area contributed by atoms with Crippen molar-refractivity contribution in [3.8, 4) is 0 Å². The monoisotopic (exact) mass is 233 g/mol. The van der Waals surface area contributed by atoms with Crippen LogP contribution in [0.4, 0.5) is 11.4 Å². The third-order valence-electron chi connectivity index (χ3n) is 3.10. The van der Waals surface area contributed by atoms with Crippen molar-refractivity contribution in [3.05, 3.63) is 23.8 Å². The van der Waals surface area contributed by atoms with Gasteiger partial charge in [0.1, 0.15) is 0 Å². The first-order valence-corrected chi connectivity index (χ1v) is 6.04. The molecule has 1 heterocycles. The predicted molar refractivity (Wildman–Crippen MR) is 70.3 cm³/mol. The molecule has 0 radical (unpaired) electrons. The fraction of sp³-hybridized carbons (Fsp3) is 0.462. The van der Waals surface area contributed by atoms with Crippen LogP contribution in [0.25, 0.3) is 0 Å². The van der Waals surface area contributed by atoms with Crippen molar-refractivity contribution in [3.63, 3.8) is 0 Å². The molecule has 0 unspecified atom stereocenters. The van der Waals surface area contributed by atoms with Crippen LogP contribution < -0.4 is 16.0 Å². The highest BCUT2D eigenvalue weighted by Crippen LogP contribution is 2.29. The minimum absolute atomic E-state index is 0.0433. The number of nitrogens with two attached hydrogens (primary N) is 1. The van der Waals surface area contributed by atoms with Gasteiger partial charge in [-0.1, -0.05) is 0 Å². The van der Waals surface area contributed by atoms with Gasteiger partial charge in [0.2, 0.25) is 5.91 Å². The molecule has 4 nitrogen and oxygen atoms in total. The van der Waals surface area contributed by atoms with Gasteiger partial charge in [-0.2, -0.15) is 0 Å². The van der Waals surface area contributed by atoms with Crippen LogP contribution in [0.3, 0.4) is 0 Å². The van der Waals surface area contributed by atoms with Crippen LogP contribution in [0.1, 0.15) is 18.4 Å². The third kappa shape index (κ3) is 2.77. The number of amides is 1. The van der Waals surface area contributed by atoms with Crippen LogP contribution in [0, 0.1) is 0 Å². The molecule has 0 atom stereocenters. The summed E-state index contributed by atoms with van der Waals surface area (Å²) in [6, 6.07) is 6.10. The number of benzene rings is 1. The van der Waals surface area contributed by atoms with Crippen molar-refractivity contribution in [2.45, 2.75) is 19.3 Å². The molecule has 0 bridgehead atoms. The summed E-state index contributed by atoms with van der Waals surface area (Å²) in [5.74, 6) is 0.0433. The summed E-state index contributed by atoms with van der Waals surface area (Å²) in [4.78, 5) is 13.8. The predicted octanol–water partition coefficient (Wildman–Crippen LogP) is 1.36. The molecular weight excluding hydrogens is 214 g/mol. The molecule has 0 aliphatic carbocycles. The van der Waals surface area contributed by atoms with Gasteiger partial charge in [-0.15, -0.1) is 0 Å². The molecule has 0 saturated heterocycles. The number of rotatable bonds is 4. The Morgan fingerprint density at radius 1 is 1.53 bits per heavy atom. The molecule has 1 aliphatic rings. The molecular formula is C13H19N3O. The molecule has 1 aromatic carbocycles. The van der Waals surface area contributed by atoms with Crippen molar-refractivity contribution in [1.29, 1.82) is 0 Å². The first-order valence-electron chi connectivity index (χ1n) is 6.04. The first-order chi connectivity index (χ1) is 8.20. The maximum Gasteiger partial charge on any atom is 0.224 e. The van der Waals surface area contributed by atoms with E-state index in [2.05, 4.69) is 29.4 Å². The molecule has 0 aromatic heterocycles. The minimum atomic E-state index is 0.0433. The number of anilines is 2. The van der Waals surface area contributed by atoms with E-state index in [1.54, 1.807) is 0 Å². The summed E-state index contributed by atoms with van der Waals surface area (Å²) >= 11 is 0. The van der Waals surface area contributed by atoms with E-state index >= 15 is 0 Å². The highest BCUT2D eigenvalue weighted by atomic mass is 16.1. The van der Waals surface area contributed by atoms with Crippen LogP contribution in [0.2, 0.25) is 0 Å². The van der Waals surface area contributed by atoms with Crippen molar-refractivity contribution in [2.75, 3.05) is 30.4 Å². The molecule has 1 amide bonds. The van der Waals surface area contributed by atoms with Gasteiger partial charge >= 0.3 is 0 Å². The van der Waals surface area contributed by atoms with E-state index < -0.39 is 0 Å². The molecule has 0 fully saturated rings. The molecule has 4 heteroatoms. The summed E-state index contributed by atoms with van der Waals surface area (Å²) in [5, 5.41) is 2.91. The quantitative estimate of drug-likeness (QED) is 0.825. The Hall–Kier alpha value is -1.55. The molecule has 0 spiro atoms. The summed E-state index contributed by atoms with van der Waals surface area (Å²) < 4.78 is 0. The van der Waals surface area contributed by atoms with Gasteiger partial charge in [0, 0.05) is 31.4 Å². The van der Waals surface area contributed by atoms with Crippen LogP contribution in [0.5, 0.6) is 0 Å². The molecule has 2 rings (SSSR count). The Bertz CT molecular complexity index is 417. The number of carbonyl (C=O) groups is 1. The van der Waals surface area contributed by atoms with Gasteiger partial charge < -0.3 is 16.0 Å². The average molecular weight is 233 g/mol. The Morgan fingerprint density at radius 2 is 2.35 bits per heavy atom. The Morgan fingerprint density at radius 3 is 3.12 bits per heavy atom. The fourth-order valence-electron chi connectivity index (χ4n) is 2.13. The summed E-state index contributed by atoms with van der Waals surface area (Å²) in [6.07, 6.45) is 2.28. The van der Waals surface area contributed by atoms with Gasteiger partial charge in [0.05, 0.1) is 0 Å². The maximum absolute atomic E-state index is 11.6. The summed E-state index contributed by atoms with van der Waals surface area (Å²) in [5.41, 5.74) is 8.84. The topological polar surface area (TPSA) is 58.4 Å². The Balaban J connectivity index is 2.01. The van der Waals surface area contributed by atoms with E-state index in [1.165, 1.54) is 11.3 Å². The Labute approximate surface area is 102 Å². The average Bonchev–Trinajstić information content (AvgIpc) is 2.68. The maximum atomic E-state index is 11.6. The smallest absolute Gasteiger partial charge is 0.224 e. The van der Waals surface area contributed by atoms with E-state index in [9.17, 15) is 4.79 Å². The van der Waals surface area contributed by atoms with E-state index in [0.29, 0.717) is 13.0 Å². The second-order valence-electron chi connectivity index (χ2n) is 4.46. The van der Waals surface area contributed by atoms with Crippen molar-refractivity contribution >= 4 is 17.3 Å². The van der Waals surface area contributed by atoms with Gasteiger partial charge in [0.25, 0.3) is 0 Å². The Kier molecular flexibility index (Phi) is 3.64. The van der Waals surface area contributed by atoms with E-state index in [1.807, 2.05) is 6.07 Å². The van der Waals surface area contributed by atoms with Crippen molar-refractivity contribution in [2.24, 2.45) is 5.73 Å². The molecule has 92 valence electrons. The highest BCUT2D eigenvalue weighted by Gasteiger charge is 2.15. The molecule has 1 aliphatic heterocycles. The van der Waals surface area contributed by atoms with Gasteiger partial charge in [0.15, 0.2) is 0 Å². The number of carbonyl (C=O) groups excluding carboxylic acids is 1. The number of fused-ring (bicyclic) bond motifs is 1. The lowest BCUT2D eigenvalue weighted by Crippen LogP contribution is -2.14. The molecule has 0 saturated carbocycles. The third-order valence-corrected chi connectivity index (χ3v) is 3.10. The zero-order chi connectivity index (χ0) is 12.3. The fourth-order valence-corrected chi connectivity index (χ4v) is 2.13. The number of hydrogen-bond donors (Lipinski definition) is 2. The van der Waals surface area contributed by atoms with Crippen LogP contribution >= 0.6 is 0 Å². The van der Waals surface area contributed by atoms with Crippen LogP contribution in [-0.2, 0) is 11.2 Å². The van der Waals surface area contributed by atoms with Crippen molar-refractivity contribution < 1.29 is 4.79 Å². The van der Waals surface area contributed by atoms with E-state index in [0.717, 1.165) is 25.1 Å². The molecule has 17 heavy (non-hydrogen) atoms. The highest BCUT2D eigenvalue weighted by molar-refractivity contribution is 5.91. The second-order valence-corrected chi connectivity index (χ2v) is 4.46. The SMILES string of the molecule is CN1CCc2cc(NC(=O)CCCN)ccc21. The van der Waals surface area contributed by atoms with E-state index in [-0.39, 0.29) is 5.91 Å². The first kappa shape index (κ1) is 11.9. The molecule has 3 N–H and O–H groups in total. The van der Waals surface area contributed by atoms with Crippen LogP contribution in [0.15, 0.2) is 18.2 Å². The lowest BCUT2D eigenvalue weighted by molar-refractivity contribution is -0.116. The zero-order valence-electron chi connectivity index (χ0n) is 10.2. The van der Waals surface area contributed by atoms with Gasteiger partial charge in [-0.05, 0) is 43.1 Å². The number of likely N-dealkylation sites (N-methyl/N-ethyl adjacent to an activating group) is 1. The minimum Gasteiger partial charge on any atom is -0.374 e. The summed E-state index contributed by atoms with van der Waals surface area (Å²) in [7, 11) is 2.09. The number of hydrogen-bond acceptors (Lipinski definition) is 3. The normalized spacial score (nSPS) is 13.6. The standard InChI is InChI=1S/C13H19N3O/c1-16-8-6-10-9-11(4-5-12(10)16)15-13(17)3-2-7-14/h4-5,9H,2-3,6-8,14H2,1H3,(H,15,17). The van der Waals surface area contributed by atoms with Crippen LogP contribution in [-0.4, -0.2) is 26.0 Å². The molecule has 1 aromatic rings. The van der Waals surface area contributed by atoms with Crippen molar-refractivity contribution in [1.82, 2.24) is 0 Å². The lowest BCUT2D eigenvalue weighted by Gasteiger charge is -2.12. The summed E-state index contributed by atoms with van der Waals surface area (Å²) in [6.45, 7) is 1.61. The van der Waals surface area contributed by atoms with Gasteiger partial charge in [-0.25, -0.2) is 0 Å². The largest absolute Gasteiger partial charge is 0.374 e. The second kappa shape index (κ2) is 5.19. The number of nitrogens with zero attached hydrogens (tertiary/aromatic N) is 1. The van der Waals surface area contributed by atoms with E-state index in [4.69, 9.17) is 5.73 Å². The number of nitrogens with one attached hydrogen (secondary N) is 1. The van der Waals surface area contributed by atoms with Gasteiger partial charge in [-0.3, -0.25) is 4.79 Å². The lowest BCUT2D eigenvalue weighted by atomic mass is 10.1. The zero-order valence-corrected chi connectivity index (χ0v) is 10.2.